The lowest BCUT2D eigenvalue weighted by atomic mass is 10.0. The molecule has 0 spiro atoms. The van der Waals surface area contributed by atoms with E-state index in [2.05, 4.69) is 4.98 Å². The number of rotatable bonds is 1. The van der Waals surface area contributed by atoms with Gasteiger partial charge in [0.25, 0.3) is 5.91 Å². The number of hydrogen-bond donors (Lipinski definition) is 0. The minimum Gasteiger partial charge on any atom is -0.337 e. The highest BCUT2D eigenvalue weighted by Crippen LogP contribution is 2.38. The zero-order valence-electron chi connectivity index (χ0n) is 11.7. The Bertz CT molecular complexity index is 663. The van der Waals surface area contributed by atoms with Gasteiger partial charge in [-0.05, 0) is 42.9 Å². The normalized spacial score (nSPS) is 25.4. The molecule has 0 bridgehead atoms. The van der Waals surface area contributed by atoms with E-state index in [0.717, 1.165) is 36.0 Å². The molecule has 1 saturated carbocycles. The molecule has 0 aromatic carbocycles. The molecule has 3 heterocycles. The van der Waals surface area contributed by atoms with Crippen molar-refractivity contribution in [1.29, 1.82) is 0 Å². The number of carbonyl (C=O) groups is 1. The highest BCUT2D eigenvalue weighted by molar-refractivity contribution is 5.94. The maximum atomic E-state index is 12.6. The van der Waals surface area contributed by atoms with Crippen molar-refractivity contribution in [2.75, 3.05) is 13.1 Å². The van der Waals surface area contributed by atoms with Gasteiger partial charge in [0.1, 0.15) is 11.3 Å². The first-order chi connectivity index (χ1) is 9.72. The molecule has 2 aromatic rings. The second-order valence-corrected chi connectivity index (χ2v) is 6.20. The largest absolute Gasteiger partial charge is 0.337 e. The summed E-state index contributed by atoms with van der Waals surface area (Å²) in [7, 11) is 1.96. The van der Waals surface area contributed by atoms with Crippen molar-refractivity contribution >= 4 is 16.9 Å². The number of fused-ring (bicyclic) bond motifs is 2. The summed E-state index contributed by atoms with van der Waals surface area (Å²) in [5.41, 5.74) is 1.47. The fraction of sp³-hybridized carbons (Fsp3) is 0.500. The highest BCUT2D eigenvalue weighted by atomic mass is 16.2. The number of aryl methyl sites for hydroxylation is 1. The highest BCUT2D eigenvalue weighted by Gasteiger charge is 2.38. The summed E-state index contributed by atoms with van der Waals surface area (Å²) in [5, 5.41) is 1.09. The van der Waals surface area contributed by atoms with Crippen molar-refractivity contribution in [2.24, 2.45) is 18.9 Å². The summed E-state index contributed by atoms with van der Waals surface area (Å²) in [6.45, 7) is 1.85. The molecular weight excluding hydrogens is 250 g/mol. The maximum Gasteiger partial charge on any atom is 0.272 e. The molecule has 20 heavy (non-hydrogen) atoms. The van der Waals surface area contributed by atoms with E-state index >= 15 is 0 Å². The van der Waals surface area contributed by atoms with Crippen LogP contribution in [0.15, 0.2) is 24.4 Å². The van der Waals surface area contributed by atoms with E-state index in [1.165, 1.54) is 19.3 Å². The lowest BCUT2D eigenvalue weighted by Gasteiger charge is -2.16. The molecule has 4 heteroatoms. The molecule has 1 aliphatic heterocycles. The van der Waals surface area contributed by atoms with Gasteiger partial charge in [0.05, 0.1) is 0 Å². The van der Waals surface area contributed by atoms with Gasteiger partial charge in [0.15, 0.2) is 0 Å². The van der Waals surface area contributed by atoms with Crippen molar-refractivity contribution in [2.45, 2.75) is 19.3 Å². The summed E-state index contributed by atoms with van der Waals surface area (Å²) in [5.74, 6) is 1.57. The molecule has 0 N–H and O–H groups in total. The second-order valence-electron chi connectivity index (χ2n) is 6.20. The zero-order valence-corrected chi connectivity index (χ0v) is 11.7. The molecule has 2 fully saturated rings. The molecule has 1 saturated heterocycles. The molecule has 0 radical (unpaired) electrons. The molecule has 104 valence electrons. The van der Waals surface area contributed by atoms with Crippen LogP contribution < -0.4 is 0 Å². The van der Waals surface area contributed by atoms with Crippen LogP contribution in [0.4, 0.5) is 0 Å². The Morgan fingerprint density at radius 2 is 1.95 bits per heavy atom. The van der Waals surface area contributed by atoms with Crippen molar-refractivity contribution in [1.82, 2.24) is 14.5 Å². The average molecular weight is 269 g/mol. The molecule has 1 aliphatic carbocycles. The number of nitrogens with zero attached hydrogens (tertiary/aromatic N) is 3. The zero-order chi connectivity index (χ0) is 13.7. The maximum absolute atomic E-state index is 12.6. The minimum atomic E-state index is 0.0995. The van der Waals surface area contributed by atoms with E-state index in [-0.39, 0.29) is 5.91 Å². The van der Waals surface area contributed by atoms with Crippen LogP contribution in [0.1, 0.15) is 29.8 Å². The lowest BCUT2D eigenvalue weighted by Crippen LogP contribution is -2.30. The summed E-state index contributed by atoms with van der Waals surface area (Å²) < 4.78 is 1.96. The Kier molecular flexibility index (Phi) is 2.59. The van der Waals surface area contributed by atoms with Gasteiger partial charge < -0.3 is 9.47 Å². The Hall–Kier alpha value is -1.84. The first-order valence-electron chi connectivity index (χ1n) is 7.44. The molecule has 0 unspecified atom stereocenters. The molecule has 4 nitrogen and oxygen atoms in total. The van der Waals surface area contributed by atoms with Crippen LogP contribution >= 0.6 is 0 Å². The predicted molar refractivity (Wildman–Crippen MR) is 77.4 cm³/mol. The topological polar surface area (TPSA) is 38.1 Å². The van der Waals surface area contributed by atoms with Gasteiger partial charge in [-0.15, -0.1) is 0 Å². The Balaban J connectivity index is 1.62. The van der Waals surface area contributed by atoms with Gasteiger partial charge in [0, 0.05) is 31.7 Å². The lowest BCUT2D eigenvalue weighted by molar-refractivity contribution is 0.0775. The Labute approximate surface area is 118 Å². The van der Waals surface area contributed by atoms with Crippen molar-refractivity contribution in [3.05, 3.63) is 30.1 Å². The third kappa shape index (κ3) is 1.74. The van der Waals surface area contributed by atoms with Gasteiger partial charge in [-0.25, -0.2) is 4.98 Å². The van der Waals surface area contributed by atoms with E-state index < -0.39 is 0 Å². The summed E-state index contributed by atoms with van der Waals surface area (Å²) in [4.78, 5) is 19.2. The van der Waals surface area contributed by atoms with E-state index in [9.17, 15) is 4.79 Å². The Morgan fingerprint density at radius 1 is 1.20 bits per heavy atom. The molecule has 2 aromatic heterocycles. The van der Waals surface area contributed by atoms with Gasteiger partial charge in [-0.3, -0.25) is 4.79 Å². The van der Waals surface area contributed by atoms with Crippen LogP contribution in [0, 0.1) is 11.8 Å². The molecular formula is C16H19N3O. The van der Waals surface area contributed by atoms with Crippen LogP contribution in [0.5, 0.6) is 0 Å². The number of aromatic nitrogens is 2. The second kappa shape index (κ2) is 4.33. The van der Waals surface area contributed by atoms with E-state index in [1.54, 1.807) is 0 Å². The standard InChI is InChI=1S/C16H19N3O/c1-18-8-7-11-5-6-14(17-15(11)18)16(20)19-9-12-3-2-4-13(12)10-19/h5-8,12-13H,2-4,9-10H2,1H3/t12-,13+. The van der Waals surface area contributed by atoms with Crippen molar-refractivity contribution in [3.63, 3.8) is 0 Å². The number of pyridine rings is 1. The van der Waals surface area contributed by atoms with Crippen LogP contribution in [0.3, 0.4) is 0 Å². The van der Waals surface area contributed by atoms with Crippen LogP contribution in [-0.4, -0.2) is 33.4 Å². The fourth-order valence-electron chi connectivity index (χ4n) is 3.82. The quantitative estimate of drug-likeness (QED) is 0.797. The smallest absolute Gasteiger partial charge is 0.272 e. The van der Waals surface area contributed by atoms with Gasteiger partial charge in [0.2, 0.25) is 0 Å². The van der Waals surface area contributed by atoms with Crippen LogP contribution in [0.25, 0.3) is 11.0 Å². The monoisotopic (exact) mass is 269 g/mol. The van der Waals surface area contributed by atoms with Crippen molar-refractivity contribution < 1.29 is 4.79 Å². The molecule has 2 atom stereocenters. The van der Waals surface area contributed by atoms with Gasteiger partial charge in [-0.2, -0.15) is 0 Å². The Morgan fingerprint density at radius 3 is 2.70 bits per heavy atom. The first kappa shape index (κ1) is 11.9. The SMILES string of the molecule is Cn1ccc2ccc(C(=O)N3C[C@H]4CCC[C@H]4C3)nc21. The van der Waals surface area contributed by atoms with E-state index in [4.69, 9.17) is 0 Å². The van der Waals surface area contributed by atoms with Gasteiger partial charge >= 0.3 is 0 Å². The number of amides is 1. The first-order valence-corrected chi connectivity index (χ1v) is 7.44. The number of hydrogen-bond acceptors (Lipinski definition) is 2. The number of likely N-dealkylation sites (tertiary alicyclic amines) is 1. The third-order valence-electron chi connectivity index (χ3n) is 4.95. The predicted octanol–water partition coefficient (Wildman–Crippen LogP) is 2.45. The van der Waals surface area contributed by atoms with Gasteiger partial charge in [-0.1, -0.05) is 6.42 Å². The van der Waals surface area contributed by atoms with Crippen molar-refractivity contribution in [3.8, 4) is 0 Å². The summed E-state index contributed by atoms with van der Waals surface area (Å²) >= 11 is 0. The molecule has 2 aliphatic rings. The van der Waals surface area contributed by atoms with E-state index in [1.807, 2.05) is 40.9 Å². The summed E-state index contributed by atoms with van der Waals surface area (Å²) in [6, 6.07) is 5.88. The van der Waals surface area contributed by atoms with Crippen LogP contribution in [0.2, 0.25) is 0 Å². The molecule has 1 amide bonds. The third-order valence-corrected chi connectivity index (χ3v) is 4.95. The van der Waals surface area contributed by atoms with E-state index in [0.29, 0.717) is 5.69 Å². The fourth-order valence-corrected chi connectivity index (χ4v) is 3.82. The number of carbonyl (C=O) groups excluding carboxylic acids is 1. The minimum absolute atomic E-state index is 0.0995. The average Bonchev–Trinajstić information content (AvgIpc) is 3.12. The molecule has 4 rings (SSSR count). The summed E-state index contributed by atoms with van der Waals surface area (Å²) in [6.07, 6.45) is 5.90. The van der Waals surface area contributed by atoms with Crippen LogP contribution in [-0.2, 0) is 7.05 Å².